The van der Waals surface area contributed by atoms with Crippen LogP contribution in [0.15, 0.2) is 0 Å². The van der Waals surface area contributed by atoms with Crippen molar-refractivity contribution in [3.8, 4) is 0 Å². The summed E-state index contributed by atoms with van der Waals surface area (Å²) in [7, 11) is 0. The standard InChI is InChI=1S/C9H14O3/c10-9(11)8-4-7(8)6-2-1-3-12-5-6/h6-8H,1-5H2,(H,10,11)/t6?,7-,8+/m1/s1. The molecule has 3 heteroatoms. The van der Waals surface area contributed by atoms with Gasteiger partial charge in [0.1, 0.15) is 0 Å². The molecule has 3 nitrogen and oxygen atoms in total. The monoisotopic (exact) mass is 170 g/mol. The van der Waals surface area contributed by atoms with Gasteiger partial charge in [-0.2, -0.15) is 0 Å². The molecular weight excluding hydrogens is 156 g/mol. The van der Waals surface area contributed by atoms with E-state index in [9.17, 15) is 4.79 Å². The molecule has 68 valence electrons. The minimum Gasteiger partial charge on any atom is -0.481 e. The van der Waals surface area contributed by atoms with Crippen molar-refractivity contribution in [2.45, 2.75) is 19.3 Å². The Morgan fingerprint density at radius 1 is 1.50 bits per heavy atom. The van der Waals surface area contributed by atoms with Crippen molar-refractivity contribution in [2.24, 2.45) is 17.8 Å². The highest BCUT2D eigenvalue weighted by molar-refractivity contribution is 5.73. The Morgan fingerprint density at radius 3 is 2.83 bits per heavy atom. The van der Waals surface area contributed by atoms with Crippen LogP contribution in [0.3, 0.4) is 0 Å². The van der Waals surface area contributed by atoms with Crippen molar-refractivity contribution in [3.05, 3.63) is 0 Å². The van der Waals surface area contributed by atoms with Gasteiger partial charge in [0.25, 0.3) is 0 Å². The molecule has 2 aliphatic rings. The second kappa shape index (κ2) is 3.05. The summed E-state index contributed by atoms with van der Waals surface area (Å²) in [5.74, 6) is 0.268. The summed E-state index contributed by atoms with van der Waals surface area (Å²) in [5, 5.41) is 8.71. The number of ether oxygens (including phenoxy) is 1. The van der Waals surface area contributed by atoms with Crippen molar-refractivity contribution in [1.82, 2.24) is 0 Å². The quantitative estimate of drug-likeness (QED) is 0.675. The van der Waals surface area contributed by atoms with Crippen molar-refractivity contribution in [3.63, 3.8) is 0 Å². The fourth-order valence-corrected chi connectivity index (χ4v) is 2.12. The van der Waals surface area contributed by atoms with Crippen LogP contribution in [-0.4, -0.2) is 24.3 Å². The van der Waals surface area contributed by atoms with Crippen LogP contribution >= 0.6 is 0 Å². The van der Waals surface area contributed by atoms with Gasteiger partial charge in [0.2, 0.25) is 0 Å². The van der Waals surface area contributed by atoms with E-state index in [1.54, 1.807) is 0 Å². The van der Waals surface area contributed by atoms with Gasteiger partial charge in [0.15, 0.2) is 0 Å². The van der Waals surface area contributed by atoms with Crippen LogP contribution in [0.25, 0.3) is 0 Å². The third-order valence-corrected chi connectivity index (χ3v) is 2.96. The van der Waals surface area contributed by atoms with Crippen LogP contribution in [0.2, 0.25) is 0 Å². The SMILES string of the molecule is O=C(O)[C@H]1C[C@@H]1C1CCCOC1. The molecule has 0 bridgehead atoms. The molecule has 1 unspecified atom stereocenters. The van der Waals surface area contributed by atoms with E-state index < -0.39 is 5.97 Å². The van der Waals surface area contributed by atoms with E-state index in [0.29, 0.717) is 11.8 Å². The molecule has 2 fully saturated rings. The Balaban J connectivity index is 1.83. The van der Waals surface area contributed by atoms with Crippen LogP contribution in [0.1, 0.15) is 19.3 Å². The first kappa shape index (κ1) is 8.05. The molecule has 0 spiro atoms. The summed E-state index contributed by atoms with van der Waals surface area (Å²) < 4.78 is 5.32. The van der Waals surface area contributed by atoms with Crippen molar-refractivity contribution in [1.29, 1.82) is 0 Å². The van der Waals surface area contributed by atoms with Crippen molar-refractivity contribution in [2.75, 3.05) is 13.2 Å². The molecule has 0 aromatic rings. The predicted molar refractivity (Wildman–Crippen MR) is 42.8 cm³/mol. The van der Waals surface area contributed by atoms with E-state index in [1.165, 1.54) is 0 Å². The van der Waals surface area contributed by atoms with Crippen LogP contribution in [0.5, 0.6) is 0 Å². The zero-order valence-electron chi connectivity index (χ0n) is 7.03. The number of carboxylic acid groups (broad SMARTS) is 1. The highest BCUT2D eigenvalue weighted by Crippen LogP contribution is 2.46. The summed E-state index contributed by atoms with van der Waals surface area (Å²) >= 11 is 0. The molecule has 0 amide bonds. The predicted octanol–water partition coefficient (Wildman–Crippen LogP) is 1.13. The summed E-state index contributed by atoms with van der Waals surface area (Å²) in [6.07, 6.45) is 3.14. The lowest BCUT2D eigenvalue weighted by molar-refractivity contribution is -0.139. The van der Waals surface area contributed by atoms with E-state index in [4.69, 9.17) is 9.84 Å². The average molecular weight is 170 g/mol. The maximum atomic E-state index is 10.6. The largest absolute Gasteiger partial charge is 0.481 e. The Morgan fingerprint density at radius 2 is 2.33 bits per heavy atom. The van der Waals surface area contributed by atoms with Crippen LogP contribution < -0.4 is 0 Å². The number of hydrogen-bond acceptors (Lipinski definition) is 2. The van der Waals surface area contributed by atoms with Gasteiger partial charge in [-0.3, -0.25) is 4.79 Å². The van der Waals surface area contributed by atoms with Crippen molar-refractivity contribution < 1.29 is 14.6 Å². The normalized spacial score (nSPS) is 40.8. The van der Waals surface area contributed by atoms with Gasteiger partial charge in [-0.15, -0.1) is 0 Å². The van der Waals surface area contributed by atoms with E-state index in [1.807, 2.05) is 0 Å². The Bertz CT molecular complexity index is 184. The molecule has 1 aliphatic carbocycles. The maximum absolute atomic E-state index is 10.6. The molecule has 3 atom stereocenters. The van der Waals surface area contributed by atoms with Gasteiger partial charge in [0, 0.05) is 13.2 Å². The minimum atomic E-state index is -0.620. The van der Waals surface area contributed by atoms with E-state index >= 15 is 0 Å². The minimum absolute atomic E-state index is 0.0586. The zero-order chi connectivity index (χ0) is 8.55. The zero-order valence-corrected chi connectivity index (χ0v) is 7.03. The van der Waals surface area contributed by atoms with Gasteiger partial charge in [-0.1, -0.05) is 0 Å². The number of hydrogen-bond donors (Lipinski definition) is 1. The molecule has 1 heterocycles. The van der Waals surface area contributed by atoms with Crippen LogP contribution in [-0.2, 0) is 9.53 Å². The van der Waals surface area contributed by atoms with Crippen molar-refractivity contribution >= 4 is 5.97 Å². The molecule has 1 N–H and O–H groups in total. The maximum Gasteiger partial charge on any atom is 0.306 e. The highest BCUT2D eigenvalue weighted by Gasteiger charge is 2.47. The third-order valence-electron chi connectivity index (χ3n) is 2.96. The first-order valence-corrected chi connectivity index (χ1v) is 4.59. The lowest BCUT2D eigenvalue weighted by Crippen LogP contribution is -2.20. The van der Waals surface area contributed by atoms with Gasteiger partial charge < -0.3 is 9.84 Å². The lowest BCUT2D eigenvalue weighted by atomic mass is 9.96. The number of rotatable bonds is 2. The van der Waals surface area contributed by atoms with E-state index in [2.05, 4.69) is 0 Å². The molecule has 2 rings (SSSR count). The summed E-state index contributed by atoms with van der Waals surface area (Å²) in [4.78, 5) is 10.6. The summed E-state index contributed by atoms with van der Waals surface area (Å²) in [6, 6.07) is 0. The van der Waals surface area contributed by atoms with Gasteiger partial charge in [-0.25, -0.2) is 0 Å². The molecular formula is C9H14O3. The number of aliphatic carboxylic acids is 1. The summed E-state index contributed by atoms with van der Waals surface area (Å²) in [6.45, 7) is 1.65. The van der Waals surface area contributed by atoms with Gasteiger partial charge in [-0.05, 0) is 31.1 Å². The fourth-order valence-electron chi connectivity index (χ4n) is 2.12. The molecule has 1 saturated carbocycles. The molecule has 1 saturated heterocycles. The Kier molecular flexibility index (Phi) is 2.05. The van der Waals surface area contributed by atoms with Crippen LogP contribution in [0, 0.1) is 17.8 Å². The number of carbonyl (C=O) groups is 1. The highest BCUT2D eigenvalue weighted by atomic mass is 16.5. The Hall–Kier alpha value is -0.570. The second-order valence-electron chi connectivity index (χ2n) is 3.82. The molecule has 0 aromatic carbocycles. The van der Waals surface area contributed by atoms with Gasteiger partial charge in [0.05, 0.1) is 5.92 Å². The fraction of sp³-hybridized carbons (Fsp3) is 0.889. The Labute approximate surface area is 71.7 Å². The average Bonchev–Trinajstić information content (AvgIpc) is 2.84. The molecule has 0 aromatic heterocycles. The van der Waals surface area contributed by atoms with E-state index in [0.717, 1.165) is 32.5 Å². The summed E-state index contributed by atoms with van der Waals surface area (Å²) in [5.41, 5.74) is 0. The molecule has 0 radical (unpaired) electrons. The van der Waals surface area contributed by atoms with Gasteiger partial charge >= 0.3 is 5.97 Å². The second-order valence-corrected chi connectivity index (χ2v) is 3.82. The number of carboxylic acids is 1. The van der Waals surface area contributed by atoms with E-state index in [-0.39, 0.29) is 5.92 Å². The molecule has 1 aliphatic heterocycles. The molecule has 12 heavy (non-hydrogen) atoms. The lowest BCUT2D eigenvalue weighted by Gasteiger charge is -2.21. The van der Waals surface area contributed by atoms with Crippen LogP contribution in [0.4, 0.5) is 0 Å². The first-order valence-electron chi connectivity index (χ1n) is 4.59. The first-order chi connectivity index (χ1) is 5.79. The smallest absolute Gasteiger partial charge is 0.306 e. The third kappa shape index (κ3) is 1.46. The topological polar surface area (TPSA) is 46.5 Å².